The van der Waals surface area contributed by atoms with E-state index in [1.165, 1.54) is 5.56 Å². The Morgan fingerprint density at radius 3 is 2.72 bits per heavy atom. The van der Waals surface area contributed by atoms with Crippen molar-refractivity contribution in [2.24, 2.45) is 0 Å². The fraction of sp³-hybridized carbons (Fsp3) is 0.300. The summed E-state index contributed by atoms with van der Waals surface area (Å²) in [7, 11) is 0. The molecule has 3 rings (SSSR count). The lowest BCUT2D eigenvalue weighted by Gasteiger charge is -2.29. The van der Waals surface area contributed by atoms with Crippen molar-refractivity contribution in [2.75, 3.05) is 19.6 Å². The van der Waals surface area contributed by atoms with E-state index in [9.17, 15) is 4.79 Å². The minimum atomic E-state index is -0.0725. The molecule has 0 radical (unpaired) electrons. The van der Waals surface area contributed by atoms with Crippen molar-refractivity contribution in [3.63, 3.8) is 0 Å². The van der Waals surface area contributed by atoms with Crippen LogP contribution in [0.1, 0.15) is 35.8 Å². The van der Waals surface area contributed by atoms with E-state index in [0.717, 1.165) is 24.0 Å². The third kappa shape index (κ3) is 3.89. The molecule has 0 aliphatic carbocycles. The lowest BCUT2D eigenvalue weighted by molar-refractivity contribution is 0.0936. The number of rotatable bonds is 7. The summed E-state index contributed by atoms with van der Waals surface area (Å²) in [6.45, 7) is 6.78. The molecule has 0 bridgehead atoms. The standard InChI is InChI=1S/C20H23N3OS/c1-3-23(4-2)18(16-10-12-25-14-16)13-22-20(24)17-9-5-7-15-8-6-11-21-19(15)17/h5-12,14,18H,3-4,13H2,1-2H3,(H,22,24). The molecule has 0 aliphatic rings. The summed E-state index contributed by atoms with van der Waals surface area (Å²) in [6, 6.07) is 11.9. The fourth-order valence-electron chi connectivity index (χ4n) is 3.16. The zero-order chi connectivity index (χ0) is 17.6. The van der Waals surface area contributed by atoms with Crippen LogP contribution < -0.4 is 5.32 Å². The van der Waals surface area contributed by atoms with Crippen LogP contribution in [-0.4, -0.2) is 35.4 Å². The van der Waals surface area contributed by atoms with Gasteiger partial charge in [-0.25, -0.2) is 0 Å². The van der Waals surface area contributed by atoms with Crippen LogP contribution in [0.4, 0.5) is 0 Å². The third-order valence-corrected chi connectivity index (χ3v) is 5.22. The first-order chi connectivity index (χ1) is 12.2. The lowest BCUT2D eigenvalue weighted by Crippen LogP contribution is -2.38. The van der Waals surface area contributed by atoms with Crippen LogP contribution >= 0.6 is 11.3 Å². The van der Waals surface area contributed by atoms with Gasteiger partial charge < -0.3 is 5.32 Å². The van der Waals surface area contributed by atoms with Crippen molar-refractivity contribution in [1.82, 2.24) is 15.2 Å². The third-order valence-electron chi connectivity index (χ3n) is 4.51. The normalized spacial score (nSPS) is 12.4. The number of carbonyl (C=O) groups excluding carboxylic acids is 1. The van der Waals surface area contributed by atoms with Gasteiger partial charge in [0.25, 0.3) is 5.91 Å². The lowest BCUT2D eigenvalue weighted by atomic mass is 10.1. The Morgan fingerprint density at radius 2 is 2.00 bits per heavy atom. The molecule has 0 spiro atoms. The average Bonchev–Trinajstić information content (AvgIpc) is 3.18. The quantitative estimate of drug-likeness (QED) is 0.695. The van der Waals surface area contributed by atoms with Gasteiger partial charge in [-0.1, -0.05) is 32.0 Å². The molecule has 0 saturated carbocycles. The van der Waals surface area contributed by atoms with Crippen molar-refractivity contribution in [3.8, 4) is 0 Å². The number of aromatic nitrogens is 1. The second-order valence-electron chi connectivity index (χ2n) is 5.88. The number of nitrogens with one attached hydrogen (secondary N) is 1. The minimum absolute atomic E-state index is 0.0725. The van der Waals surface area contributed by atoms with E-state index in [1.807, 2.05) is 30.3 Å². The molecule has 2 heterocycles. The average molecular weight is 353 g/mol. The van der Waals surface area contributed by atoms with Gasteiger partial charge in [0.2, 0.25) is 0 Å². The predicted molar refractivity (Wildman–Crippen MR) is 104 cm³/mol. The zero-order valence-corrected chi connectivity index (χ0v) is 15.4. The summed E-state index contributed by atoms with van der Waals surface area (Å²) in [5.41, 5.74) is 2.63. The monoisotopic (exact) mass is 353 g/mol. The first-order valence-electron chi connectivity index (χ1n) is 8.62. The Labute approximate surface area is 152 Å². The zero-order valence-electron chi connectivity index (χ0n) is 14.6. The van der Waals surface area contributed by atoms with E-state index in [2.05, 4.69) is 45.9 Å². The van der Waals surface area contributed by atoms with E-state index in [1.54, 1.807) is 17.5 Å². The van der Waals surface area contributed by atoms with Gasteiger partial charge in [-0.15, -0.1) is 0 Å². The van der Waals surface area contributed by atoms with Crippen LogP contribution in [0, 0.1) is 0 Å². The topological polar surface area (TPSA) is 45.2 Å². The predicted octanol–water partition coefficient (Wildman–Crippen LogP) is 4.11. The Hall–Kier alpha value is -2.24. The van der Waals surface area contributed by atoms with Crippen molar-refractivity contribution >= 4 is 28.1 Å². The maximum Gasteiger partial charge on any atom is 0.253 e. The number of likely N-dealkylation sites (N-methyl/N-ethyl adjacent to an activating group) is 1. The number of pyridine rings is 1. The van der Waals surface area contributed by atoms with Crippen molar-refractivity contribution in [1.29, 1.82) is 0 Å². The van der Waals surface area contributed by atoms with Gasteiger partial charge >= 0.3 is 0 Å². The summed E-state index contributed by atoms with van der Waals surface area (Å²) in [5.74, 6) is -0.0725. The molecule has 3 aromatic rings. The molecule has 1 atom stereocenters. The number of carbonyl (C=O) groups is 1. The van der Waals surface area contributed by atoms with E-state index in [-0.39, 0.29) is 11.9 Å². The largest absolute Gasteiger partial charge is 0.350 e. The second kappa shape index (κ2) is 8.23. The Kier molecular flexibility index (Phi) is 5.79. The van der Waals surface area contributed by atoms with Crippen LogP contribution in [0.15, 0.2) is 53.4 Å². The molecule has 0 aliphatic heterocycles. The SMILES string of the molecule is CCN(CC)C(CNC(=O)c1cccc2cccnc12)c1ccsc1. The van der Waals surface area contributed by atoms with E-state index in [4.69, 9.17) is 0 Å². The molecular weight excluding hydrogens is 330 g/mol. The number of hydrogen-bond acceptors (Lipinski definition) is 4. The number of benzene rings is 1. The van der Waals surface area contributed by atoms with E-state index < -0.39 is 0 Å². The first-order valence-corrected chi connectivity index (χ1v) is 9.57. The van der Waals surface area contributed by atoms with Crippen LogP contribution in [-0.2, 0) is 0 Å². The maximum absolute atomic E-state index is 12.8. The van der Waals surface area contributed by atoms with Crippen molar-refractivity contribution in [2.45, 2.75) is 19.9 Å². The second-order valence-corrected chi connectivity index (χ2v) is 6.66. The molecule has 1 N–H and O–H groups in total. The molecule has 1 aromatic carbocycles. The Bertz CT molecular complexity index is 823. The van der Waals surface area contributed by atoms with Crippen molar-refractivity contribution in [3.05, 3.63) is 64.5 Å². The first kappa shape index (κ1) is 17.6. The molecule has 1 amide bonds. The summed E-state index contributed by atoms with van der Waals surface area (Å²) in [5, 5.41) is 8.34. The highest BCUT2D eigenvalue weighted by Crippen LogP contribution is 2.23. The number of para-hydroxylation sites is 1. The molecule has 0 saturated heterocycles. The smallest absolute Gasteiger partial charge is 0.253 e. The van der Waals surface area contributed by atoms with Crippen LogP contribution in [0.2, 0.25) is 0 Å². The summed E-state index contributed by atoms with van der Waals surface area (Å²) < 4.78 is 0. The molecule has 130 valence electrons. The van der Waals surface area contributed by atoms with Crippen LogP contribution in [0.3, 0.4) is 0 Å². The van der Waals surface area contributed by atoms with Gasteiger partial charge in [0.1, 0.15) is 0 Å². The van der Waals surface area contributed by atoms with Gasteiger partial charge in [-0.05, 0) is 47.6 Å². The van der Waals surface area contributed by atoms with Gasteiger partial charge in [0, 0.05) is 18.1 Å². The summed E-state index contributed by atoms with van der Waals surface area (Å²) in [6.07, 6.45) is 1.73. The van der Waals surface area contributed by atoms with Crippen LogP contribution in [0.5, 0.6) is 0 Å². The minimum Gasteiger partial charge on any atom is -0.350 e. The van der Waals surface area contributed by atoms with E-state index >= 15 is 0 Å². The van der Waals surface area contributed by atoms with Gasteiger partial charge in [-0.3, -0.25) is 14.7 Å². The van der Waals surface area contributed by atoms with E-state index in [0.29, 0.717) is 12.1 Å². The highest BCUT2D eigenvalue weighted by atomic mass is 32.1. The van der Waals surface area contributed by atoms with Gasteiger partial charge in [-0.2, -0.15) is 11.3 Å². The highest BCUT2D eigenvalue weighted by Gasteiger charge is 2.20. The summed E-state index contributed by atoms with van der Waals surface area (Å²) >= 11 is 1.69. The molecule has 1 unspecified atom stereocenters. The molecule has 0 fully saturated rings. The number of thiophene rings is 1. The highest BCUT2D eigenvalue weighted by molar-refractivity contribution is 7.07. The van der Waals surface area contributed by atoms with Gasteiger partial charge in [0.15, 0.2) is 0 Å². The molecule has 25 heavy (non-hydrogen) atoms. The fourth-order valence-corrected chi connectivity index (χ4v) is 3.87. The Balaban J connectivity index is 1.79. The number of amides is 1. The number of hydrogen-bond donors (Lipinski definition) is 1. The Morgan fingerprint density at radius 1 is 1.20 bits per heavy atom. The number of nitrogens with zero attached hydrogens (tertiary/aromatic N) is 2. The molecule has 5 heteroatoms. The molecule has 2 aromatic heterocycles. The summed E-state index contributed by atoms with van der Waals surface area (Å²) in [4.78, 5) is 19.5. The molecule has 4 nitrogen and oxygen atoms in total. The van der Waals surface area contributed by atoms with Crippen LogP contribution in [0.25, 0.3) is 10.9 Å². The number of fused-ring (bicyclic) bond motifs is 1. The van der Waals surface area contributed by atoms with Crippen molar-refractivity contribution < 1.29 is 4.79 Å². The van der Waals surface area contributed by atoms with Gasteiger partial charge in [0.05, 0.1) is 17.1 Å². The molecular formula is C20H23N3OS. The maximum atomic E-state index is 12.8.